The Bertz CT molecular complexity index is 3490. The van der Waals surface area contributed by atoms with Crippen molar-refractivity contribution in [3.05, 3.63) is 0 Å². The maximum atomic E-state index is 13.0. The summed E-state index contributed by atoms with van der Waals surface area (Å²) in [6, 6.07) is -1.34. The quantitative estimate of drug-likeness (QED) is 0.0125. The van der Waals surface area contributed by atoms with Crippen LogP contribution in [0.2, 0.25) is 0 Å². The van der Waals surface area contributed by atoms with E-state index in [4.69, 9.17) is 102 Å². The molecule has 8 rings (SSSR count). The van der Waals surface area contributed by atoms with Crippen molar-refractivity contribution in [1.82, 2.24) is 41.0 Å². The molecule has 818 valence electrons. The monoisotopic (exact) mass is 2080 g/mol. The second-order valence-corrected chi connectivity index (χ2v) is 33.3. The predicted octanol–water partition coefficient (Wildman–Crippen LogP) is -17.9. The molecule has 140 heavy (non-hydrogen) atoms. The normalized spacial score (nSPS) is 33.8. The van der Waals surface area contributed by atoms with Gasteiger partial charge in [0.25, 0.3) is 5.91 Å². The van der Waals surface area contributed by atoms with E-state index in [1.807, 2.05) is 6.26 Å². The number of hydrogen-bond donors (Lipinski definition) is 27. The number of likely N-dealkylation sites (N-methyl/N-ethyl adjacent to an activating group) is 1. The number of carboxylic acids is 1. The van der Waals surface area contributed by atoms with E-state index in [0.717, 1.165) is 27.3 Å². The SMILES string of the molecule is C.C.COCC1O[C@H](OCC(O)[C@@H](O)[C@H](O)C(O)CCCCOCCCON)C(O)[C@@H](O)[C@@H]1O.COCC1O[C@H](OCC(O)[C@@H](O)[C@H](O)C(O)CNOCCCONC(=O)C2O[C@@H](O[C@@H]3C(NC(C)=O)[C@@H](C)OC(CO)[C@H]3O)C(O)[C@@H](O)[C@@H]2OC)C(O)[C@@H](O)[C@@H]1O.CO[C@@H]1C(C(=O)[O-])O[C@@H](O[C@@H]2C(NC(C)=O)[C@@H](C)OC(CO)[C@H]2O)C(O)[C@H]1O.COc1nc(OC)nc([N+]2(C)CCOCC2)n1.[2H]CSC.[Na+]. The third-order valence-electron chi connectivity index (χ3n) is 22.4. The number of amides is 3. The molecule has 0 spiro atoms. The van der Waals surface area contributed by atoms with Crippen molar-refractivity contribution >= 4 is 41.4 Å². The van der Waals surface area contributed by atoms with Crippen LogP contribution in [-0.4, -0.2) is 551 Å². The fraction of sp³-hybridized carbons (Fsp3) is 0.914. The molecule has 0 aromatic carbocycles. The number of methoxy groups -OCH3 is 6. The van der Waals surface area contributed by atoms with Crippen LogP contribution in [0.5, 0.6) is 12.0 Å². The molecule has 7 fully saturated rings. The van der Waals surface area contributed by atoms with Gasteiger partial charge >= 0.3 is 47.5 Å². The van der Waals surface area contributed by atoms with E-state index in [1.165, 1.54) is 54.0 Å². The number of aromatic nitrogens is 3. The number of morpholine rings is 1. The zero-order valence-corrected chi connectivity index (χ0v) is 82.0. The number of unbranched alkanes of at least 4 members (excludes halogenated alkanes) is 1. The summed E-state index contributed by atoms with van der Waals surface area (Å²) < 4.78 is 102. The molecule has 0 bridgehead atoms. The van der Waals surface area contributed by atoms with Crippen LogP contribution in [0.3, 0.4) is 0 Å². The molecule has 0 radical (unpaired) electrons. The van der Waals surface area contributed by atoms with Crippen LogP contribution < -0.4 is 76.1 Å². The number of rotatable bonds is 48. The summed E-state index contributed by atoms with van der Waals surface area (Å²) in [6.45, 7) is 6.69. The number of aliphatic carboxylic acids is 1. The Labute approximate surface area is 838 Å². The standard InChI is InChI=1S/C32H59N3O22.C19H39NO12.C16H27NO11.C10H17N4O3.C2H6S.2CH4.Na/c1-12-18(34-13(2)37)27(22(43)16(9-36)54-12)56-32-26(47)24(45)28(50-4)29(57-32)30(48)35-53-7-5-6-52-33-8-14(38)19(40)20(41)15(39)10-51-31-25(46)23(44)21(42)17(55-31)11-49-3;1-28-10-13-16(25)17(26)18(27)19(32-13)30-9-12(22)15(24)14(23)11(21)5-2-3-6-29-7-4-8-31-20;1-5-8(17-6(2)19)12(9(20)7(4-18)26-5)27-16-11(22)10(21)13(25-3)14(28-16)15(23)24;1-14(4-6-17-7-5-14)8-11-9(15-2)13-10(12-8)16-3;1-3-2;;;/h12,14-29,31-33,36,38-47H,5-11H2,1-4H3,(H,34,37)(H,35,48);11-19,21-27H,2-10,20H2,1H3;5,7-14,16,18,20-22H,4H2,1-3H3,(H,17,19)(H,23,24);4-7H2,1-3H3;1-2H3;2*1H4;/q;;;+1;;;;+1/p-1/t12-,14?,15?,16?,17?,18?,19-,20-,21-,22-,23+,24-,25?,26?,27-,28+,29?,31+,32-;11?,12?,13?,14-,15-,16-,17+,18?,19+;5-,7?,8?,9-,10-,11?,12-,13+,14?,16-;;;;;/m111...../s1/i;;;;1D;;;. The molecule has 8 heterocycles. The summed E-state index contributed by atoms with van der Waals surface area (Å²) in [5.74, 6) is 1.94. The van der Waals surface area contributed by atoms with Crippen LogP contribution >= 0.6 is 11.8 Å². The zero-order chi connectivity index (χ0) is 104. The third-order valence-corrected chi connectivity index (χ3v) is 22.4. The van der Waals surface area contributed by atoms with Crippen molar-refractivity contribution in [3.8, 4) is 12.0 Å². The second-order valence-electron chi connectivity index (χ2n) is 32.7. The number of carboxylic acid groups (broad SMARTS) is 1. The molecular formula is C81H155N9NaO48S+. The van der Waals surface area contributed by atoms with Crippen molar-refractivity contribution in [1.29, 1.82) is 0 Å². The Balaban J connectivity index is 0.00000100. The topological polar surface area (TPSA) is 843 Å². The van der Waals surface area contributed by atoms with Gasteiger partial charge in [0.1, 0.15) is 178 Å². The minimum Gasteiger partial charge on any atom is -0.547 e. The predicted molar refractivity (Wildman–Crippen MR) is 471 cm³/mol. The zero-order valence-electron chi connectivity index (χ0n) is 80.2. The largest absolute Gasteiger partial charge is 1.00 e. The Morgan fingerprint density at radius 1 is 0.514 bits per heavy atom. The molecule has 7 aliphatic heterocycles. The minimum absolute atomic E-state index is 0. The van der Waals surface area contributed by atoms with Crippen LogP contribution in [0.25, 0.3) is 0 Å². The van der Waals surface area contributed by atoms with Crippen molar-refractivity contribution in [3.63, 3.8) is 0 Å². The Morgan fingerprint density at radius 2 is 0.921 bits per heavy atom. The maximum absolute atomic E-state index is 13.0. The minimum atomic E-state index is -1.95. The first-order chi connectivity index (χ1) is 65.4. The van der Waals surface area contributed by atoms with Crippen LogP contribution in [0.4, 0.5) is 5.95 Å². The molecule has 28 N–H and O–H groups in total. The molecule has 7 saturated heterocycles. The number of hydroxylamine groups is 2. The fourth-order valence-electron chi connectivity index (χ4n) is 14.6. The molecule has 57 nitrogen and oxygen atoms in total. The molecule has 7 aliphatic rings. The van der Waals surface area contributed by atoms with Gasteiger partial charge < -0.3 is 228 Å². The van der Waals surface area contributed by atoms with Gasteiger partial charge in [0, 0.05) is 63.4 Å². The van der Waals surface area contributed by atoms with E-state index in [9.17, 15) is 137 Å². The van der Waals surface area contributed by atoms with E-state index in [1.54, 1.807) is 13.8 Å². The molecule has 3 amide bonds. The van der Waals surface area contributed by atoms with E-state index in [0.29, 0.717) is 69.0 Å². The molecule has 1 aromatic rings. The van der Waals surface area contributed by atoms with Crippen molar-refractivity contribution in [2.45, 2.75) is 307 Å². The Kier molecular flexibility index (Phi) is 65.5. The molecule has 38 atom stereocenters. The van der Waals surface area contributed by atoms with Crippen LogP contribution in [0.15, 0.2) is 0 Å². The van der Waals surface area contributed by atoms with Crippen LogP contribution in [0.1, 0.15) is 76.0 Å². The number of aliphatic hydroxyl groups excluding tert-OH is 22. The number of nitrogens with zero attached hydrogens (tertiary/aromatic N) is 4. The number of nitrogens with one attached hydrogen (secondary N) is 4. The number of nitrogens with two attached hydrogens (primary N) is 1. The van der Waals surface area contributed by atoms with Gasteiger partial charge in [-0.2, -0.15) is 17.2 Å². The number of hydrogen-bond acceptors (Lipinski definition) is 54. The van der Waals surface area contributed by atoms with Gasteiger partial charge in [-0.05, 0) is 58.4 Å². The number of thioether (sulfide) groups is 1. The summed E-state index contributed by atoms with van der Waals surface area (Å²) in [6.07, 6.45) is -49.2. The van der Waals surface area contributed by atoms with Crippen LogP contribution in [0, 0.1) is 0 Å². The third kappa shape index (κ3) is 40.9. The van der Waals surface area contributed by atoms with Gasteiger partial charge in [-0.15, -0.1) is 15.0 Å². The van der Waals surface area contributed by atoms with E-state index < -0.39 is 289 Å². The summed E-state index contributed by atoms with van der Waals surface area (Å²) >= 11 is 1.52. The van der Waals surface area contributed by atoms with E-state index in [-0.39, 0.29) is 95.7 Å². The van der Waals surface area contributed by atoms with E-state index in [2.05, 4.69) is 48.4 Å². The molecular weight excluding hydrogens is 1920 g/mol. The number of carbonyl (C=O) groups excluding carboxylic acids is 4. The van der Waals surface area contributed by atoms with Crippen LogP contribution in [-0.2, 0) is 109 Å². The first-order valence-corrected chi connectivity index (χ1v) is 45.1. The molecule has 59 heteroatoms. The van der Waals surface area contributed by atoms with E-state index >= 15 is 0 Å². The summed E-state index contributed by atoms with van der Waals surface area (Å²) in [7, 11) is 10.1. The van der Waals surface area contributed by atoms with Crippen molar-refractivity contribution < 1.29 is 267 Å². The van der Waals surface area contributed by atoms with Crippen molar-refractivity contribution in [2.24, 2.45) is 5.90 Å². The molecule has 0 saturated carbocycles. The van der Waals surface area contributed by atoms with Gasteiger partial charge in [0.2, 0.25) is 11.8 Å². The molecule has 1 aromatic heterocycles. The first-order valence-electron chi connectivity index (χ1n) is 44.4. The van der Waals surface area contributed by atoms with Gasteiger partial charge in [0.05, 0.1) is 136 Å². The molecule has 16 unspecified atom stereocenters. The first kappa shape index (κ1) is 132. The Morgan fingerprint density at radius 3 is 1.33 bits per heavy atom. The maximum Gasteiger partial charge on any atom is 1.00 e. The van der Waals surface area contributed by atoms with Gasteiger partial charge in [0.15, 0.2) is 31.3 Å². The number of aliphatic hydroxyl groups is 22. The van der Waals surface area contributed by atoms with Gasteiger partial charge in [-0.1, -0.05) is 14.9 Å². The average molecular weight is 2080 g/mol. The van der Waals surface area contributed by atoms with Gasteiger partial charge in [-0.25, -0.2) is 11.4 Å². The Hall–Kier alpha value is -3.92. The summed E-state index contributed by atoms with van der Waals surface area (Å²) in [4.78, 5) is 75.0. The molecule has 0 aliphatic carbocycles. The average Bonchev–Trinajstić information content (AvgIpc) is 0.773. The second kappa shape index (κ2) is 69.4. The number of quaternary nitrogens is 1. The fourth-order valence-corrected chi connectivity index (χ4v) is 14.6. The summed E-state index contributed by atoms with van der Waals surface area (Å²) in [5, 5.41) is 240. The number of carbonyl (C=O) groups is 4. The number of ether oxygens (including phenoxy) is 18. The van der Waals surface area contributed by atoms with Gasteiger partial charge in [-0.3, -0.25) is 23.7 Å². The smallest absolute Gasteiger partial charge is 0.547 e. The summed E-state index contributed by atoms with van der Waals surface area (Å²) in [5.41, 5.74) is 4.48. The van der Waals surface area contributed by atoms with Crippen molar-refractivity contribution in [2.75, 3.05) is 168 Å².